The van der Waals surface area contributed by atoms with E-state index >= 15 is 0 Å². The van der Waals surface area contributed by atoms with Gasteiger partial charge < -0.3 is 24.9 Å². The second-order valence-electron chi connectivity index (χ2n) is 13.3. The highest BCUT2D eigenvalue weighted by atomic mass is 79.9. The van der Waals surface area contributed by atoms with E-state index in [2.05, 4.69) is 57.1 Å². The quantitative estimate of drug-likeness (QED) is 0.108. The van der Waals surface area contributed by atoms with Crippen molar-refractivity contribution in [3.8, 4) is 0 Å². The van der Waals surface area contributed by atoms with E-state index in [9.17, 15) is 9.59 Å². The number of ether oxygens (including phenoxy) is 1. The van der Waals surface area contributed by atoms with Gasteiger partial charge in [0.1, 0.15) is 12.1 Å². The van der Waals surface area contributed by atoms with Gasteiger partial charge in [0, 0.05) is 49.3 Å². The van der Waals surface area contributed by atoms with Crippen LogP contribution in [0.5, 0.6) is 0 Å². The molecule has 2 heterocycles. The molecule has 0 radical (unpaired) electrons. The molecule has 3 atom stereocenters. The molecule has 5 rings (SSSR count). The molecule has 2 fully saturated rings. The number of allylic oxidation sites excluding steroid dienone is 1. The first-order valence-corrected chi connectivity index (χ1v) is 19.6. The zero-order valence-corrected chi connectivity index (χ0v) is 33.0. The minimum Gasteiger partial charge on any atom is -0.446 e. The van der Waals surface area contributed by atoms with Crippen LogP contribution in [0.1, 0.15) is 94.6 Å². The summed E-state index contributed by atoms with van der Waals surface area (Å²) in [5.74, 6) is -0.188. The van der Waals surface area contributed by atoms with E-state index in [1.54, 1.807) is 11.2 Å². The zero-order chi connectivity index (χ0) is 36.9. The molecule has 1 aliphatic heterocycles. The smallest absolute Gasteiger partial charge is 0.410 e. The second kappa shape index (κ2) is 20.0. The molecule has 2 aliphatic rings. The fourth-order valence-corrected chi connectivity index (χ4v) is 7.61. The molecule has 1 saturated heterocycles. The molecule has 0 bridgehead atoms. The molecule has 1 saturated carbocycles. The number of halogens is 2. The SMILES string of the molecule is CC.CCc1cc(Cl)ccc1[C@@H](/C=C(\C)CC(Br)C=N)N1CCN(C(=O)OC2CCCCC2)C[C@@H]1C(=O)Nc1cccc(Cn2cnc(C)c2)c1. The van der Waals surface area contributed by atoms with E-state index in [0.29, 0.717) is 36.8 Å². The number of alkyl halides is 1. The van der Waals surface area contributed by atoms with Gasteiger partial charge in [-0.3, -0.25) is 9.69 Å². The van der Waals surface area contributed by atoms with Crippen LogP contribution in [0.3, 0.4) is 0 Å². The third-order valence-electron chi connectivity index (χ3n) is 9.43. The largest absolute Gasteiger partial charge is 0.446 e. The Balaban J connectivity index is 0.00000286. The number of anilines is 1. The molecule has 276 valence electrons. The molecule has 9 nitrogen and oxygen atoms in total. The van der Waals surface area contributed by atoms with E-state index in [4.69, 9.17) is 21.7 Å². The molecule has 51 heavy (non-hydrogen) atoms. The van der Waals surface area contributed by atoms with Gasteiger partial charge >= 0.3 is 6.09 Å². The number of carbonyl (C=O) groups excluding carboxylic acids is 2. The van der Waals surface area contributed by atoms with Crippen molar-refractivity contribution < 1.29 is 14.3 Å². The summed E-state index contributed by atoms with van der Waals surface area (Å²) in [5, 5.41) is 11.6. The second-order valence-corrected chi connectivity index (χ2v) is 14.9. The van der Waals surface area contributed by atoms with Crippen molar-refractivity contribution in [1.29, 1.82) is 5.41 Å². The van der Waals surface area contributed by atoms with Crippen LogP contribution in [0.15, 0.2) is 66.6 Å². The molecular formula is C40H54BrClN6O3. The van der Waals surface area contributed by atoms with E-state index in [1.807, 2.05) is 67.9 Å². The lowest BCUT2D eigenvalue weighted by atomic mass is 9.93. The van der Waals surface area contributed by atoms with Crippen molar-refractivity contribution in [2.75, 3.05) is 25.0 Å². The summed E-state index contributed by atoms with van der Waals surface area (Å²) in [6.07, 6.45) is 13.5. The summed E-state index contributed by atoms with van der Waals surface area (Å²) in [6.45, 7) is 11.9. The van der Waals surface area contributed by atoms with Crippen molar-refractivity contribution in [3.63, 3.8) is 0 Å². The number of nitrogens with one attached hydrogen (secondary N) is 2. The number of aryl methyl sites for hydroxylation is 2. The minimum atomic E-state index is -0.662. The molecule has 3 aromatic rings. The number of nitrogens with zero attached hydrogens (tertiary/aromatic N) is 4. The van der Waals surface area contributed by atoms with Crippen LogP contribution >= 0.6 is 27.5 Å². The number of imidazole rings is 1. The Kier molecular flexibility index (Phi) is 15.8. The number of hydrogen-bond donors (Lipinski definition) is 2. The average Bonchev–Trinajstić information content (AvgIpc) is 3.55. The fourth-order valence-electron chi connectivity index (χ4n) is 6.91. The van der Waals surface area contributed by atoms with Crippen LogP contribution in [-0.4, -0.2) is 74.2 Å². The van der Waals surface area contributed by atoms with Crippen molar-refractivity contribution in [3.05, 3.63) is 94.0 Å². The van der Waals surface area contributed by atoms with Gasteiger partial charge in [-0.05, 0) is 93.3 Å². The van der Waals surface area contributed by atoms with Crippen molar-refractivity contribution in [1.82, 2.24) is 19.4 Å². The van der Waals surface area contributed by atoms with E-state index in [1.165, 1.54) is 12.6 Å². The molecule has 2 aromatic carbocycles. The first-order valence-electron chi connectivity index (χ1n) is 18.3. The van der Waals surface area contributed by atoms with E-state index in [0.717, 1.165) is 60.1 Å². The number of amides is 2. The molecule has 1 aliphatic carbocycles. The number of aromatic nitrogens is 2. The summed E-state index contributed by atoms with van der Waals surface area (Å²) in [4.78, 5) is 36.1. The summed E-state index contributed by atoms with van der Waals surface area (Å²) < 4.78 is 7.99. The number of carbonyl (C=O) groups is 2. The highest BCUT2D eigenvalue weighted by Crippen LogP contribution is 2.34. The lowest BCUT2D eigenvalue weighted by Crippen LogP contribution is -2.59. The van der Waals surface area contributed by atoms with Crippen LogP contribution < -0.4 is 5.32 Å². The van der Waals surface area contributed by atoms with Crippen LogP contribution in [0, 0.1) is 12.3 Å². The molecule has 2 amide bonds. The normalized spacial score (nSPS) is 18.3. The molecule has 1 unspecified atom stereocenters. The van der Waals surface area contributed by atoms with Gasteiger partial charge in [0.25, 0.3) is 0 Å². The molecule has 2 N–H and O–H groups in total. The standard InChI is InChI=1S/C38H48BrClN6O3.C2H6/c1-4-29-20-31(40)13-14-34(29)35(18-26(2)17-30(39)21-41)46-16-15-45(38(48)49-33-11-6-5-7-12-33)24-36(46)37(47)43-32-10-8-9-28(19-32)23-44-22-27(3)42-25-44;1-2/h8-10,13-14,18-22,25,30,33,35-36,41H,4-7,11-12,15-17,23-24H2,1-3H3,(H,43,47);1-2H3/b26-18+,41-21?;/t30?,35-,36-;/m1./s1. The van der Waals surface area contributed by atoms with Gasteiger partial charge in [0.05, 0.1) is 22.9 Å². The number of rotatable bonds is 12. The maximum atomic E-state index is 14.4. The van der Waals surface area contributed by atoms with E-state index < -0.39 is 6.04 Å². The lowest BCUT2D eigenvalue weighted by Gasteiger charge is -2.44. The van der Waals surface area contributed by atoms with Crippen molar-refractivity contribution in [2.45, 2.75) is 109 Å². The van der Waals surface area contributed by atoms with Gasteiger partial charge in [-0.15, -0.1) is 0 Å². The molecular weight excluding hydrogens is 728 g/mol. The van der Waals surface area contributed by atoms with Gasteiger partial charge in [-0.1, -0.05) is 84.6 Å². The Hall–Kier alpha value is -3.47. The number of benzene rings is 2. The molecule has 1 aromatic heterocycles. The van der Waals surface area contributed by atoms with Gasteiger partial charge in [-0.2, -0.15) is 0 Å². The topological polar surface area (TPSA) is 104 Å². The maximum Gasteiger partial charge on any atom is 0.410 e. The number of piperazine rings is 1. The van der Waals surface area contributed by atoms with Crippen molar-refractivity contribution in [2.24, 2.45) is 0 Å². The highest BCUT2D eigenvalue weighted by Gasteiger charge is 2.39. The summed E-state index contributed by atoms with van der Waals surface area (Å²) in [5.41, 5.74) is 5.94. The number of hydrogen-bond acceptors (Lipinski definition) is 6. The zero-order valence-electron chi connectivity index (χ0n) is 30.7. The Morgan fingerprint density at radius 3 is 2.59 bits per heavy atom. The predicted octanol–water partition coefficient (Wildman–Crippen LogP) is 9.37. The van der Waals surface area contributed by atoms with Crippen molar-refractivity contribution >= 4 is 51.4 Å². The maximum absolute atomic E-state index is 14.4. The Bertz CT molecular complexity index is 1640. The first kappa shape index (κ1) is 40.3. The Labute approximate surface area is 317 Å². The summed E-state index contributed by atoms with van der Waals surface area (Å²) in [7, 11) is 0. The first-order chi connectivity index (χ1) is 24.6. The van der Waals surface area contributed by atoms with Gasteiger partial charge in [0.15, 0.2) is 0 Å². The lowest BCUT2D eigenvalue weighted by molar-refractivity contribution is -0.124. The summed E-state index contributed by atoms with van der Waals surface area (Å²) >= 11 is 10.0. The van der Waals surface area contributed by atoms with Gasteiger partial charge in [0.2, 0.25) is 5.91 Å². The van der Waals surface area contributed by atoms with Crippen LogP contribution in [0.2, 0.25) is 5.02 Å². The summed E-state index contributed by atoms with van der Waals surface area (Å²) in [6, 6.07) is 12.9. The van der Waals surface area contributed by atoms with Crippen LogP contribution in [0.4, 0.5) is 10.5 Å². The van der Waals surface area contributed by atoms with E-state index in [-0.39, 0.29) is 35.5 Å². The molecule has 11 heteroatoms. The predicted molar refractivity (Wildman–Crippen MR) is 211 cm³/mol. The highest BCUT2D eigenvalue weighted by molar-refractivity contribution is 9.09. The van der Waals surface area contributed by atoms with Crippen LogP contribution in [0.25, 0.3) is 0 Å². The average molecular weight is 782 g/mol. The minimum absolute atomic E-state index is 0.0703. The third kappa shape index (κ3) is 11.5. The Morgan fingerprint density at radius 1 is 1.14 bits per heavy atom. The van der Waals surface area contributed by atoms with Crippen LogP contribution in [-0.2, 0) is 22.5 Å². The monoisotopic (exact) mass is 780 g/mol. The third-order valence-corrected chi connectivity index (χ3v) is 10.2. The Morgan fingerprint density at radius 2 is 1.90 bits per heavy atom. The fraction of sp³-hybridized carbons (Fsp3) is 0.500. The molecule has 0 spiro atoms. The van der Waals surface area contributed by atoms with Gasteiger partial charge in [-0.25, -0.2) is 9.78 Å².